The van der Waals surface area contributed by atoms with Gasteiger partial charge in [0, 0.05) is 24.6 Å². The van der Waals surface area contributed by atoms with Crippen LogP contribution in [0.2, 0.25) is 0 Å². The zero-order valence-corrected chi connectivity index (χ0v) is 14.2. The quantitative estimate of drug-likeness (QED) is 0.712. The number of hydrogen-bond acceptors (Lipinski definition) is 5. The van der Waals surface area contributed by atoms with Crippen LogP contribution in [0.15, 0.2) is 47.1 Å². The topological polar surface area (TPSA) is 59.2 Å². The summed E-state index contributed by atoms with van der Waals surface area (Å²) in [6.45, 7) is 1.28. The van der Waals surface area contributed by atoms with E-state index in [0.29, 0.717) is 29.4 Å². The first-order valence-electron chi connectivity index (χ1n) is 8.13. The fourth-order valence-corrected chi connectivity index (χ4v) is 4.06. The molecule has 0 spiro atoms. The van der Waals surface area contributed by atoms with Crippen LogP contribution in [-0.4, -0.2) is 34.1 Å². The highest BCUT2D eigenvalue weighted by atomic mass is 32.1. The molecule has 0 N–H and O–H groups in total. The molecule has 0 unspecified atom stereocenters. The number of likely N-dealkylation sites (tertiary alicyclic amines) is 1. The van der Waals surface area contributed by atoms with Crippen LogP contribution < -0.4 is 0 Å². The van der Waals surface area contributed by atoms with E-state index in [0.717, 1.165) is 17.8 Å². The number of furan rings is 1. The standard InChI is InChI=1S/C18H16FN3O2S/c19-14-7-2-1-6-13(14)17-21-20-16(25-17)12-5-3-9-22(11-12)18(23)15-8-4-10-24-15/h1-2,4,6-8,10,12H,3,5,9,11H2/t12-/m1/s1. The number of piperidine rings is 1. The number of amides is 1. The highest BCUT2D eigenvalue weighted by Gasteiger charge is 2.29. The van der Waals surface area contributed by atoms with Gasteiger partial charge in [-0.15, -0.1) is 10.2 Å². The summed E-state index contributed by atoms with van der Waals surface area (Å²) in [6.07, 6.45) is 3.33. The lowest BCUT2D eigenvalue weighted by Crippen LogP contribution is -2.38. The molecule has 0 bridgehead atoms. The number of aromatic nitrogens is 2. The third kappa shape index (κ3) is 3.19. The smallest absolute Gasteiger partial charge is 0.289 e. The van der Waals surface area contributed by atoms with E-state index in [9.17, 15) is 9.18 Å². The lowest BCUT2D eigenvalue weighted by atomic mass is 9.98. The Balaban J connectivity index is 1.52. The summed E-state index contributed by atoms with van der Waals surface area (Å²) in [5.74, 6) is 0.0626. The first-order valence-corrected chi connectivity index (χ1v) is 8.95. The third-order valence-electron chi connectivity index (χ3n) is 4.33. The average molecular weight is 357 g/mol. The van der Waals surface area contributed by atoms with Gasteiger partial charge in [0.05, 0.1) is 6.26 Å². The van der Waals surface area contributed by atoms with Gasteiger partial charge in [-0.25, -0.2) is 4.39 Å². The summed E-state index contributed by atoms with van der Waals surface area (Å²) < 4.78 is 19.1. The van der Waals surface area contributed by atoms with Gasteiger partial charge in [0.1, 0.15) is 10.8 Å². The Morgan fingerprint density at radius 1 is 1.24 bits per heavy atom. The van der Waals surface area contributed by atoms with Crippen LogP contribution in [0.5, 0.6) is 0 Å². The molecular formula is C18H16FN3O2S. The van der Waals surface area contributed by atoms with Crippen LogP contribution in [0.1, 0.15) is 34.3 Å². The van der Waals surface area contributed by atoms with E-state index in [1.807, 2.05) is 0 Å². The number of hydrogen-bond donors (Lipinski definition) is 0. The Kier molecular flexibility index (Phi) is 4.31. The molecule has 1 atom stereocenters. The van der Waals surface area contributed by atoms with Crippen molar-refractivity contribution in [3.8, 4) is 10.6 Å². The van der Waals surface area contributed by atoms with Crippen molar-refractivity contribution in [3.63, 3.8) is 0 Å². The molecule has 1 amide bonds. The van der Waals surface area contributed by atoms with Gasteiger partial charge in [-0.3, -0.25) is 4.79 Å². The fourth-order valence-electron chi connectivity index (χ4n) is 3.06. The minimum absolute atomic E-state index is 0.103. The van der Waals surface area contributed by atoms with Crippen LogP contribution in [0.25, 0.3) is 10.6 Å². The fraction of sp³-hybridized carbons (Fsp3) is 0.278. The second kappa shape index (κ2) is 6.76. The van der Waals surface area contributed by atoms with Crippen molar-refractivity contribution >= 4 is 17.2 Å². The molecule has 1 saturated heterocycles. The average Bonchev–Trinajstić information content (AvgIpc) is 3.34. The molecular weight excluding hydrogens is 341 g/mol. The van der Waals surface area contributed by atoms with E-state index in [4.69, 9.17) is 4.42 Å². The van der Waals surface area contributed by atoms with Crippen molar-refractivity contribution in [1.82, 2.24) is 15.1 Å². The Morgan fingerprint density at radius 2 is 2.12 bits per heavy atom. The Hall–Kier alpha value is -2.54. The number of rotatable bonds is 3. The minimum Gasteiger partial charge on any atom is -0.459 e. The van der Waals surface area contributed by atoms with Gasteiger partial charge in [0.2, 0.25) is 0 Å². The molecule has 0 aliphatic carbocycles. The minimum atomic E-state index is -0.302. The predicted octanol–water partition coefficient (Wildman–Crippen LogP) is 3.96. The summed E-state index contributed by atoms with van der Waals surface area (Å²) in [5, 5.41) is 9.82. The zero-order valence-electron chi connectivity index (χ0n) is 13.4. The molecule has 4 rings (SSSR count). The highest BCUT2D eigenvalue weighted by Crippen LogP contribution is 2.33. The molecule has 7 heteroatoms. The lowest BCUT2D eigenvalue weighted by Gasteiger charge is -2.30. The molecule has 3 heterocycles. The Labute approximate surface area is 148 Å². The van der Waals surface area contributed by atoms with Gasteiger partial charge in [-0.2, -0.15) is 0 Å². The summed E-state index contributed by atoms with van der Waals surface area (Å²) in [4.78, 5) is 14.2. The van der Waals surface area contributed by atoms with Crippen LogP contribution in [0, 0.1) is 5.82 Å². The van der Waals surface area contributed by atoms with Crippen molar-refractivity contribution < 1.29 is 13.6 Å². The monoisotopic (exact) mass is 357 g/mol. The van der Waals surface area contributed by atoms with E-state index in [1.165, 1.54) is 23.7 Å². The van der Waals surface area contributed by atoms with Crippen molar-refractivity contribution in [2.24, 2.45) is 0 Å². The normalized spacial score (nSPS) is 17.6. The molecule has 5 nitrogen and oxygen atoms in total. The second-order valence-corrected chi connectivity index (χ2v) is 7.00. The molecule has 1 aromatic carbocycles. The number of carbonyl (C=O) groups is 1. The molecule has 128 valence electrons. The molecule has 0 saturated carbocycles. The van der Waals surface area contributed by atoms with Crippen LogP contribution in [0.4, 0.5) is 4.39 Å². The van der Waals surface area contributed by atoms with E-state index in [2.05, 4.69) is 10.2 Å². The van der Waals surface area contributed by atoms with E-state index >= 15 is 0 Å². The van der Waals surface area contributed by atoms with Crippen LogP contribution in [0.3, 0.4) is 0 Å². The van der Waals surface area contributed by atoms with Crippen LogP contribution in [-0.2, 0) is 0 Å². The molecule has 1 fully saturated rings. The van der Waals surface area contributed by atoms with Gasteiger partial charge in [-0.1, -0.05) is 23.5 Å². The molecule has 2 aromatic heterocycles. The molecule has 3 aromatic rings. The van der Waals surface area contributed by atoms with Crippen molar-refractivity contribution in [3.05, 3.63) is 59.2 Å². The summed E-state index contributed by atoms with van der Waals surface area (Å²) in [7, 11) is 0. The van der Waals surface area contributed by atoms with Crippen LogP contribution >= 0.6 is 11.3 Å². The second-order valence-electron chi connectivity index (χ2n) is 5.99. The maximum absolute atomic E-state index is 13.9. The van der Waals surface area contributed by atoms with E-state index < -0.39 is 0 Å². The zero-order chi connectivity index (χ0) is 17.2. The van der Waals surface area contributed by atoms with Crippen molar-refractivity contribution in [2.45, 2.75) is 18.8 Å². The van der Waals surface area contributed by atoms with E-state index in [-0.39, 0.29) is 17.6 Å². The maximum Gasteiger partial charge on any atom is 0.289 e. The molecule has 0 radical (unpaired) electrons. The molecule has 25 heavy (non-hydrogen) atoms. The first kappa shape index (κ1) is 16.0. The summed E-state index contributed by atoms with van der Waals surface area (Å²) >= 11 is 1.39. The van der Waals surface area contributed by atoms with E-state index in [1.54, 1.807) is 35.2 Å². The predicted molar refractivity (Wildman–Crippen MR) is 91.9 cm³/mol. The molecule has 1 aliphatic rings. The SMILES string of the molecule is O=C(c1ccco1)N1CCC[C@@H](c2nnc(-c3ccccc3F)s2)C1. The Morgan fingerprint density at radius 3 is 2.92 bits per heavy atom. The third-order valence-corrected chi connectivity index (χ3v) is 5.45. The van der Waals surface area contributed by atoms with Gasteiger partial charge in [0.15, 0.2) is 10.8 Å². The Bertz CT molecular complexity index is 878. The van der Waals surface area contributed by atoms with Crippen molar-refractivity contribution in [1.29, 1.82) is 0 Å². The van der Waals surface area contributed by atoms with Crippen molar-refractivity contribution in [2.75, 3.05) is 13.1 Å². The lowest BCUT2D eigenvalue weighted by molar-refractivity contribution is 0.0674. The number of nitrogens with zero attached hydrogens (tertiary/aromatic N) is 3. The highest BCUT2D eigenvalue weighted by molar-refractivity contribution is 7.14. The maximum atomic E-state index is 13.9. The van der Waals surface area contributed by atoms with Gasteiger partial charge >= 0.3 is 0 Å². The van der Waals surface area contributed by atoms with Gasteiger partial charge in [-0.05, 0) is 37.1 Å². The first-order chi connectivity index (χ1) is 12.2. The number of benzene rings is 1. The number of carbonyl (C=O) groups excluding carboxylic acids is 1. The van der Waals surface area contributed by atoms with Gasteiger partial charge in [0.25, 0.3) is 5.91 Å². The summed E-state index contributed by atoms with van der Waals surface area (Å²) in [6, 6.07) is 9.94. The largest absolute Gasteiger partial charge is 0.459 e. The summed E-state index contributed by atoms with van der Waals surface area (Å²) in [5.41, 5.74) is 0.463. The molecule has 1 aliphatic heterocycles. The number of halogens is 1. The van der Waals surface area contributed by atoms with Gasteiger partial charge < -0.3 is 9.32 Å².